The average Bonchev–Trinajstić information content (AvgIpc) is 2.94. The molecule has 0 bridgehead atoms. The Kier molecular flexibility index (Phi) is 2.26. The Hall–Kier alpha value is -2.51. The first-order chi connectivity index (χ1) is 10.0. The van der Waals surface area contributed by atoms with E-state index in [9.17, 15) is 21.0 Å². The summed E-state index contributed by atoms with van der Waals surface area (Å²) in [6.45, 7) is 0. The molecule has 1 aromatic carbocycles. The molecule has 1 saturated heterocycles. The van der Waals surface area contributed by atoms with E-state index in [0.717, 1.165) is 11.8 Å². The molecule has 2 aliphatic heterocycles. The molecule has 3 rings (SSSR count). The van der Waals surface area contributed by atoms with Crippen LogP contribution in [0.2, 0.25) is 0 Å². The molecule has 1 fully saturated rings. The molecular formula is C14H6N4OS. The largest absolute Gasteiger partial charge is 0.311 e. The Bertz CT molecular complexity index is 784. The Morgan fingerprint density at radius 1 is 1.05 bits per heavy atom. The number of nitrogens with zero attached hydrogens (tertiary/aromatic N) is 4. The van der Waals surface area contributed by atoms with E-state index in [2.05, 4.69) is 0 Å². The van der Waals surface area contributed by atoms with Gasteiger partial charge in [-0.15, -0.1) is 11.8 Å². The summed E-state index contributed by atoms with van der Waals surface area (Å²) < 4.78 is 13.9. The van der Waals surface area contributed by atoms with Crippen molar-refractivity contribution in [3.05, 3.63) is 29.8 Å². The highest BCUT2D eigenvalue weighted by Gasteiger charge is 2.68. The van der Waals surface area contributed by atoms with Crippen LogP contribution >= 0.6 is 11.8 Å². The second kappa shape index (κ2) is 3.99. The summed E-state index contributed by atoms with van der Waals surface area (Å²) >= 11 is 0.993. The molecule has 5 nitrogen and oxygen atoms in total. The van der Waals surface area contributed by atoms with Crippen LogP contribution in [0.25, 0.3) is 0 Å². The molecule has 0 N–H and O–H groups in total. The summed E-state index contributed by atoms with van der Waals surface area (Å²) in [6.07, 6.45) is 0. The maximum atomic E-state index is 9.42. The fourth-order valence-corrected chi connectivity index (χ4v) is 3.92. The minimum Gasteiger partial charge on any atom is -0.311 e. The molecule has 2 heterocycles. The van der Waals surface area contributed by atoms with Gasteiger partial charge in [0.2, 0.25) is 0 Å². The maximum Gasteiger partial charge on any atom is 0.256 e. The molecule has 0 spiro atoms. The van der Waals surface area contributed by atoms with Gasteiger partial charge in [0.25, 0.3) is 11.2 Å². The second-order valence-electron chi connectivity index (χ2n) is 4.40. The number of hydrogen-bond donors (Lipinski definition) is 0. The van der Waals surface area contributed by atoms with Crippen LogP contribution in [-0.2, 0) is 4.74 Å². The predicted molar refractivity (Wildman–Crippen MR) is 67.8 cm³/mol. The third-order valence-electron chi connectivity index (χ3n) is 3.43. The summed E-state index contributed by atoms with van der Waals surface area (Å²) in [6, 6.07) is 13.9. The van der Waals surface area contributed by atoms with Crippen molar-refractivity contribution in [3.63, 3.8) is 0 Å². The molecule has 2 unspecified atom stereocenters. The highest BCUT2D eigenvalue weighted by molar-refractivity contribution is 8.00. The van der Waals surface area contributed by atoms with E-state index in [0.29, 0.717) is 10.5 Å². The van der Waals surface area contributed by atoms with Crippen molar-refractivity contribution < 1.29 is 6.11 Å². The predicted octanol–water partition coefficient (Wildman–Crippen LogP) is 1.85. The maximum absolute atomic E-state index is 9.42. The first kappa shape index (κ1) is 11.3. The SMILES string of the molecule is [2H]C12Sc3ccccc3C1C(C#N)(C#N)OC2(C#N)C#N. The van der Waals surface area contributed by atoms with Gasteiger partial charge in [-0.25, -0.2) is 0 Å². The molecule has 6 heteroatoms. The third kappa shape index (κ3) is 1.28. The minimum absolute atomic E-state index is 0.591. The standard InChI is InChI=1S/C14H6N4OS/c15-5-13(6-16)11-9-3-1-2-4-10(9)20-12(11)14(7-17,8-18)19-13/h1-4,11-12H/i12D. The Morgan fingerprint density at radius 3 is 2.25 bits per heavy atom. The highest BCUT2D eigenvalue weighted by atomic mass is 32.2. The fourth-order valence-electron chi connectivity index (χ4n) is 2.54. The van der Waals surface area contributed by atoms with Crippen molar-refractivity contribution in [1.29, 1.82) is 21.0 Å². The van der Waals surface area contributed by atoms with Crippen LogP contribution in [0.4, 0.5) is 0 Å². The van der Waals surface area contributed by atoms with Crippen LogP contribution in [0.15, 0.2) is 29.2 Å². The zero-order valence-electron chi connectivity index (χ0n) is 11.0. The first-order valence-corrected chi connectivity index (χ1v) is 6.47. The molecule has 2 aliphatic rings. The Morgan fingerprint density at radius 2 is 1.65 bits per heavy atom. The Balaban J connectivity index is 2.36. The van der Waals surface area contributed by atoms with Gasteiger partial charge in [0.15, 0.2) is 0 Å². The monoisotopic (exact) mass is 279 g/mol. The van der Waals surface area contributed by atoms with Crippen molar-refractivity contribution in [2.45, 2.75) is 27.2 Å². The fraction of sp³-hybridized carbons (Fsp3) is 0.286. The molecular weight excluding hydrogens is 272 g/mol. The van der Waals surface area contributed by atoms with Crippen LogP contribution in [0, 0.1) is 45.3 Å². The van der Waals surface area contributed by atoms with Crippen molar-refractivity contribution in [1.82, 2.24) is 0 Å². The second-order valence-corrected chi connectivity index (χ2v) is 5.49. The summed E-state index contributed by atoms with van der Waals surface area (Å²) in [5.74, 6) is -0.986. The molecule has 0 aliphatic carbocycles. The number of hydrogen-bond acceptors (Lipinski definition) is 6. The Labute approximate surface area is 121 Å². The van der Waals surface area contributed by atoms with E-state index in [4.69, 9.17) is 6.11 Å². The first-order valence-electron chi connectivity index (χ1n) is 6.15. The van der Waals surface area contributed by atoms with Crippen molar-refractivity contribution >= 4 is 11.8 Å². The van der Waals surface area contributed by atoms with Crippen LogP contribution in [0.3, 0.4) is 0 Å². The average molecular weight is 279 g/mol. The van der Waals surface area contributed by atoms with Crippen molar-refractivity contribution in [2.75, 3.05) is 0 Å². The summed E-state index contributed by atoms with van der Waals surface area (Å²) in [7, 11) is 0. The summed E-state index contributed by atoms with van der Waals surface area (Å²) in [5, 5.41) is 35.8. The van der Waals surface area contributed by atoms with E-state index in [1.165, 1.54) is 0 Å². The van der Waals surface area contributed by atoms with Crippen LogP contribution in [0.1, 0.15) is 12.9 Å². The molecule has 0 aromatic heterocycles. The number of thioether (sulfide) groups is 1. The lowest BCUT2D eigenvalue weighted by Crippen LogP contribution is -2.35. The molecule has 94 valence electrons. The zero-order valence-corrected chi connectivity index (χ0v) is 10.8. The molecule has 20 heavy (non-hydrogen) atoms. The lowest BCUT2D eigenvalue weighted by atomic mass is 9.81. The molecule has 1 aromatic rings. The minimum atomic E-state index is -2.17. The van der Waals surface area contributed by atoms with E-state index in [1.807, 2.05) is 0 Å². The highest BCUT2D eigenvalue weighted by Crippen LogP contribution is 2.60. The summed E-state index contributed by atoms with van der Waals surface area (Å²) in [5.41, 5.74) is -3.60. The van der Waals surface area contributed by atoms with E-state index >= 15 is 0 Å². The number of rotatable bonds is 0. The lowest BCUT2D eigenvalue weighted by Gasteiger charge is -2.19. The van der Waals surface area contributed by atoms with Crippen LogP contribution in [0.5, 0.6) is 0 Å². The van der Waals surface area contributed by atoms with Crippen LogP contribution < -0.4 is 0 Å². The summed E-state index contributed by atoms with van der Waals surface area (Å²) in [4.78, 5) is 0.686. The topological polar surface area (TPSA) is 104 Å². The van der Waals surface area contributed by atoms with Gasteiger partial charge in [0, 0.05) is 6.27 Å². The quantitative estimate of drug-likeness (QED) is 0.717. The number of ether oxygens (including phenoxy) is 1. The third-order valence-corrected chi connectivity index (χ3v) is 4.76. The van der Waals surface area contributed by atoms with Crippen molar-refractivity contribution in [2.24, 2.45) is 0 Å². The smallest absolute Gasteiger partial charge is 0.256 e. The van der Waals surface area contributed by atoms with Gasteiger partial charge in [0.05, 0.1) is 11.1 Å². The van der Waals surface area contributed by atoms with Gasteiger partial charge in [-0.1, -0.05) is 18.2 Å². The lowest BCUT2D eigenvalue weighted by molar-refractivity contribution is 0.0178. The van der Waals surface area contributed by atoms with Gasteiger partial charge >= 0.3 is 0 Å². The molecule has 2 atom stereocenters. The van der Waals surface area contributed by atoms with E-state index in [1.54, 1.807) is 48.5 Å². The van der Waals surface area contributed by atoms with E-state index < -0.39 is 22.3 Å². The normalized spacial score (nSPS) is 31.6. The molecule has 0 amide bonds. The molecule has 0 saturated carbocycles. The van der Waals surface area contributed by atoms with E-state index in [-0.39, 0.29) is 0 Å². The van der Waals surface area contributed by atoms with Gasteiger partial charge < -0.3 is 4.74 Å². The van der Waals surface area contributed by atoms with Gasteiger partial charge in [0.1, 0.15) is 24.3 Å². The number of benzene rings is 1. The van der Waals surface area contributed by atoms with Gasteiger partial charge in [-0.2, -0.15) is 21.0 Å². The van der Waals surface area contributed by atoms with Crippen molar-refractivity contribution in [3.8, 4) is 24.3 Å². The van der Waals surface area contributed by atoms with Crippen LogP contribution in [-0.4, -0.2) is 16.4 Å². The molecule has 0 radical (unpaired) electrons. The zero-order chi connectivity index (χ0) is 15.3. The number of fused-ring (bicyclic) bond motifs is 3. The number of nitriles is 4. The van der Waals surface area contributed by atoms with Gasteiger partial charge in [-0.05, 0) is 11.6 Å². The van der Waals surface area contributed by atoms with Gasteiger partial charge in [-0.3, -0.25) is 0 Å².